The van der Waals surface area contributed by atoms with E-state index in [2.05, 4.69) is 66.7 Å². The van der Waals surface area contributed by atoms with Crippen LogP contribution in [0.2, 0.25) is 0 Å². The zero-order chi connectivity index (χ0) is 29.0. The fourth-order valence-corrected chi connectivity index (χ4v) is 11.8. The highest BCUT2D eigenvalue weighted by Crippen LogP contribution is 2.76. The molecule has 5 aliphatic carbocycles. The Morgan fingerprint density at radius 2 is 1.68 bits per heavy atom. The lowest BCUT2D eigenvalue weighted by Crippen LogP contribution is -2.64. The summed E-state index contributed by atoms with van der Waals surface area (Å²) in [5.41, 5.74) is 11.4. The largest absolute Gasteiger partial charge is 0.481 e. The molecule has 6 rings (SSSR count). The molecule has 0 spiro atoms. The minimum Gasteiger partial charge on any atom is -0.481 e. The van der Waals surface area contributed by atoms with Crippen LogP contribution in [0.4, 0.5) is 5.69 Å². The fourth-order valence-electron chi connectivity index (χ4n) is 11.8. The SMILES string of the molecule is CC1(C)CC2C3=C(c4cccc(N)c4)CC4C5(C)CCC(=O)C(C)(C)C5CCC4(C)C3(C)CCC2[C@H](C(=O)O)C1. The number of rotatable bonds is 2. The zero-order valence-corrected chi connectivity index (χ0v) is 25.9. The summed E-state index contributed by atoms with van der Waals surface area (Å²) in [4.78, 5) is 25.9. The number of carboxylic acid groups (broad SMARTS) is 1. The van der Waals surface area contributed by atoms with Crippen LogP contribution in [0, 0.1) is 56.7 Å². The van der Waals surface area contributed by atoms with Crippen molar-refractivity contribution >= 4 is 23.0 Å². The minimum atomic E-state index is -0.612. The summed E-state index contributed by atoms with van der Waals surface area (Å²) in [5.74, 6) is 0.900. The van der Waals surface area contributed by atoms with Crippen LogP contribution in [0.15, 0.2) is 29.8 Å². The molecular formula is C36H51NO3. The smallest absolute Gasteiger partial charge is 0.306 e. The lowest BCUT2D eigenvalue weighted by atomic mass is 9.33. The Morgan fingerprint density at radius 1 is 0.950 bits per heavy atom. The van der Waals surface area contributed by atoms with Crippen molar-refractivity contribution in [3.8, 4) is 0 Å². The number of ketones is 1. The summed E-state index contributed by atoms with van der Waals surface area (Å²) in [6, 6.07) is 8.46. The molecule has 1 aromatic rings. The first-order valence-corrected chi connectivity index (χ1v) is 15.9. The summed E-state index contributed by atoms with van der Waals surface area (Å²) in [5, 5.41) is 10.4. The Kier molecular flexibility index (Phi) is 6.10. The summed E-state index contributed by atoms with van der Waals surface area (Å²) in [6.45, 7) is 16.7. The second kappa shape index (κ2) is 8.71. The monoisotopic (exact) mass is 545 g/mol. The van der Waals surface area contributed by atoms with E-state index in [-0.39, 0.29) is 44.8 Å². The highest BCUT2D eigenvalue weighted by molar-refractivity contribution is 5.85. The summed E-state index contributed by atoms with van der Waals surface area (Å²) in [6.07, 6.45) is 8.79. The van der Waals surface area contributed by atoms with Gasteiger partial charge in [0.15, 0.2) is 0 Å². The Balaban J connectivity index is 1.58. The van der Waals surface area contributed by atoms with Gasteiger partial charge in [0.2, 0.25) is 0 Å². The van der Waals surface area contributed by atoms with Crippen molar-refractivity contribution in [1.29, 1.82) is 0 Å². The van der Waals surface area contributed by atoms with Crippen LogP contribution >= 0.6 is 0 Å². The van der Waals surface area contributed by atoms with Gasteiger partial charge in [0.25, 0.3) is 0 Å². The normalized spacial score (nSPS) is 43.7. The molecule has 40 heavy (non-hydrogen) atoms. The second-order valence-corrected chi connectivity index (χ2v) is 16.6. The van der Waals surface area contributed by atoms with E-state index in [1.165, 1.54) is 11.1 Å². The molecule has 0 heterocycles. The number of Topliss-reactive ketones (excluding diaryl/α,β-unsaturated/α-hetero) is 1. The first-order chi connectivity index (χ1) is 18.5. The van der Waals surface area contributed by atoms with Crippen LogP contribution in [0.5, 0.6) is 0 Å². The number of aliphatic carboxylic acids is 1. The van der Waals surface area contributed by atoms with E-state index in [1.54, 1.807) is 5.57 Å². The number of carbonyl (C=O) groups is 2. The Morgan fingerprint density at radius 3 is 2.35 bits per heavy atom. The molecule has 0 aliphatic heterocycles. The topological polar surface area (TPSA) is 80.4 Å². The molecule has 5 aliphatic rings. The van der Waals surface area contributed by atoms with Crippen LogP contribution in [-0.4, -0.2) is 16.9 Å². The van der Waals surface area contributed by atoms with Crippen LogP contribution in [0.25, 0.3) is 5.57 Å². The quantitative estimate of drug-likeness (QED) is 0.366. The van der Waals surface area contributed by atoms with Gasteiger partial charge in [0, 0.05) is 17.5 Å². The molecule has 4 nitrogen and oxygen atoms in total. The number of allylic oxidation sites excluding steroid dienone is 2. The van der Waals surface area contributed by atoms with Gasteiger partial charge in [-0.2, -0.15) is 0 Å². The van der Waals surface area contributed by atoms with Gasteiger partial charge in [-0.15, -0.1) is 0 Å². The minimum absolute atomic E-state index is 0.00687. The van der Waals surface area contributed by atoms with Crippen LogP contribution < -0.4 is 5.73 Å². The first kappa shape index (κ1) is 28.0. The van der Waals surface area contributed by atoms with Crippen molar-refractivity contribution in [2.24, 2.45) is 56.7 Å². The molecule has 0 radical (unpaired) electrons. The highest BCUT2D eigenvalue weighted by Gasteiger charge is 2.68. The lowest BCUT2D eigenvalue weighted by Gasteiger charge is -2.70. The number of nitrogen functional groups attached to an aromatic ring is 1. The highest BCUT2D eigenvalue weighted by atomic mass is 16.4. The standard InChI is InChI=1S/C36H51NO3/c1-32(2)19-25-23(26(20-32)31(39)40)11-15-36(7)30(25)24(21-9-8-10-22(37)17-21)18-28-34(5)14-13-29(38)33(3,4)27(34)12-16-35(28,36)6/h8-10,17,23,25-28H,11-16,18-20,37H2,1-7H3,(H,39,40)/t23?,25?,26-,27?,28?,34?,35?,36?/m1/s1. The van der Waals surface area contributed by atoms with Crippen molar-refractivity contribution in [2.45, 2.75) is 106 Å². The number of nitrogens with two attached hydrogens (primary N) is 1. The van der Waals surface area contributed by atoms with E-state index in [0.29, 0.717) is 24.0 Å². The van der Waals surface area contributed by atoms with Gasteiger partial charge in [-0.05, 0) is 120 Å². The van der Waals surface area contributed by atoms with Crippen molar-refractivity contribution < 1.29 is 14.7 Å². The Hall–Kier alpha value is -2.10. The lowest BCUT2D eigenvalue weighted by molar-refractivity contribution is -0.182. The number of carboxylic acids is 1. The van der Waals surface area contributed by atoms with Gasteiger partial charge in [-0.1, -0.05) is 66.2 Å². The average molecular weight is 546 g/mol. The van der Waals surface area contributed by atoms with E-state index < -0.39 is 5.97 Å². The van der Waals surface area contributed by atoms with Crippen molar-refractivity contribution in [3.63, 3.8) is 0 Å². The van der Waals surface area contributed by atoms with Gasteiger partial charge in [-0.3, -0.25) is 9.59 Å². The predicted molar refractivity (Wildman–Crippen MR) is 161 cm³/mol. The number of benzene rings is 1. The second-order valence-electron chi connectivity index (χ2n) is 16.6. The molecule has 0 bridgehead atoms. The predicted octanol–water partition coefficient (Wildman–Crippen LogP) is 8.41. The van der Waals surface area contributed by atoms with Gasteiger partial charge < -0.3 is 10.8 Å². The van der Waals surface area contributed by atoms with E-state index in [1.807, 2.05) is 6.07 Å². The van der Waals surface area contributed by atoms with E-state index in [9.17, 15) is 14.7 Å². The summed E-state index contributed by atoms with van der Waals surface area (Å²) >= 11 is 0. The maximum absolute atomic E-state index is 13.2. The molecule has 8 atom stereocenters. The van der Waals surface area contributed by atoms with Crippen molar-refractivity contribution in [3.05, 3.63) is 35.4 Å². The van der Waals surface area contributed by atoms with E-state index in [0.717, 1.165) is 57.1 Å². The number of hydrogen-bond acceptors (Lipinski definition) is 3. The third-order valence-corrected chi connectivity index (χ3v) is 13.9. The molecule has 0 saturated heterocycles. The molecule has 1 aromatic carbocycles. The molecular weight excluding hydrogens is 494 g/mol. The maximum atomic E-state index is 13.2. The molecule has 7 unspecified atom stereocenters. The van der Waals surface area contributed by atoms with Crippen LogP contribution in [0.1, 0.15) is 112 Å². The molecule has 0 amide bonds. The van der Waals surface area contributed by atoms with Crippen molar-refractivity contribution in [1.82, 2.24) is 0 Å². The van der Waals surface area contributed by atoms with Crippen LogP contribution in [-0.2, 0) is 9.59 Å². The number of hydrogen-bond donors (Lipinski definition) is 2. The fraction of sp³-hybridized carbons (Fsp3) is 0.722. The third-order valence-electron chi connectivity index (χ3n) is 13.9. The number of fused-ring (bicyclic) bond motifs is 7. The Labute approximate surface area is 241 Å². The first-order valence-electron chi connectivity index (χ1n) is 15.9. The summed E-state index contributed by atoms with van der Waals surface area (Å²) in [7, 11) is 0. The van der Waals surface area contributed by atoms with Gasteiger partial charge >= 0.3 is 5.97 Å². The average Bonchev–Trinajstić information content (AvgIpc) is 2.85. The maximum Gasteiger partial charge on any atom is 0.306 e. The molecule has 4 heteroatoms. The van der Waals surface area contributed by atoms with Crippen LogP contribution in [0.3, 0.4) is 0 Å². The molecule has 218 valence electrons. The van der Waals surface area contributed by atoms with Gasteiger partial charge in [-0.25, -0.2) is 0 Å². The van der Waals surface area contributed by atoms with Gasteiger partial charge in [0.1, 0.15) is 5.78 Å². The molecule has 4 fully saturated rings. The van der Waals surface area contributed by atoms with Gasteiger partial charge in [0.05, 0.1) is 5.92 Å². The van der Waals surface area contributed by atoms with E-state index >= 15 is 0 Å². The molecule has 4 saturated carbocycles. The number of anilines is 1. The summed E-state index contributed by atoms with van der Waals surface area (Å²) < 4.78 is 0. The third kappa shape index (κ3) is 3.69. The molecule has 0 aromatic heterocycles. The van der Waals surface area contributed by atoms with Crippen molar-refractivity contribution in [2.75, 3.05) is 5.73 Å². The molecule has 3 N–H and O–H groups in total. The zero-order valence-electron chi connectivity index (χ0n) is 25.9. The number of carbonyl (C=O) groups excluding carboxylic acids is 1. The van der Waals surface area contributed by atoms with E-state index in [4.69, 9.17) is 5.73 Å². The Bertz CT molecular complexity index is 1290.